The highest BCUT2D eigenvalue weighted by Gasteiger charge is 2.05. The number of ether oxygens (including phenoxy) is 2. The van der Waals surface area contributed by atoms with Crippen molar-refractivity contribution < 1.29 is 19.1 Å². The van der Waals surface area contributed by atoms with Gasteiger partial charge in [0.2, 0.25) is 0 Å². The Balaban J connectivity index is 2.30. The fourth-order valence-corrected chi connectivity index (χ4v) is 1.94. The van der Waals surface area contributed by atoms with Gasteiger partial charge in [0, 0.05) is 12.5 Å². The summed E-state index contributed by atoms with van der Waals surface area (Å²) in [7, 11) is 3.23. The summed E-state index contributed by atoms with van der Waals surface area (Å²) >= 11 is 0. The van der Waals surface area contributed by atoms with E-state index in [9.17, 15) is 4.79 Å². The number of hydrogen-bond acceptors (Lipinski definition) is 5. The Morgan fingerprint density at radius 2 is 1.43 bits per heavy atom. The van der Waals surface area contributed by atoms with Crippen LogP contribution in [0, 0.1) is 0 Å². The van der Waals surface area contributed by atoms with Gasteiger partial charge in [-0.3, -0.25) is 4.79 Å². The van der Waals surface area contributed by atoms with Gasteiger partial charge < -0.3 is 14.3 Å². The van der Waals surface area contributed by atoms with Crippen molar-refractivity contribution in [1.29, 1.82) is 0 Å². The van der Waals surface area contributed by atoms with Gasteiger partial charge in [-0.2, -0.15) is 0 Å². The van der Waals surface area contributed by atoms with Crippen LogP contribution in [-0.4, -0.2) is 20.2 Å². The highest BCUT2D eigenvalue weighted by atomic mass is 16.7. The zero-order chi connectivity index (χ0) is 16.7. The van der Waals surface area contributed by atoms with Crippen LogP contribution < -0.4 is 15.0 Å². The molecule has 2 aromatic carbocycles. The second kappa shape index (κ2) is 7.89. The lowest BCUT2D eigenvalue weighted by molar-refractivity contribution is -0.145. The van der Waals surface area contributed by atoms with Crippen LogP contribution in [0.5, 0.6) is 11.5 Å². The quantitative estimate of drug-likeness (QED) is 0.655. The Kier molecular flexibility index (Phi) is 5.63. The second-order valence-corrected chi connectivity index (χ2v) is 4.76. The van der Waals surface area contributed by atoms with Crippen LogP contribution in [0.4, 0.5) is 0 Å². The van der Waals surface area contributed by atoms with E-state index in [0.717, 1.165) is 22.6 Å². The molecule has 0 amide bonds. The van der Waals surface area contributed by atoms with Gasteiger partial charge >= 0.3 is 5.97 Å². The predicted octanol–water partition coefficient (Wildman–Crippen LogP) is 3.27. The molecule has 0 bridgehead atoms. The fourth-order valence-electron chi connectivity index (χ4n) is 1.94. The first-order valence-electron chi connectivity index (χ1n) is 7.06. The Labute approximate surface area is 135 Å². The molecule has 0 aliphatic carbocycles. The molecule has 23 heavy (non-hydrogen) atoms. The van der Waals surface area contributed by atoms with Crippen LogP contribution in [0.25, 0.3) is 11.8 Å². The molecule has 120 valence electrons. The summed E-state index contributed by atoms with van der Waals surface area (Å²) in [6, 6.07) is 15.0. The fraction of sp³-hybridized carbons (Fsp3) is 0.167. The third kappa shape index (κ3) is 4.78. The molecule has 0 radical (unpaired) electrons. The van der Waals surface area contributed by atoms with Crippen molar-refractivity contribution in [3.8, 4) is 11.5 Å². The maximum atomic E-state index is 11.1. The van der Waals surface area contributed by atoms with Crippen LogP contribution in [0.1, 0.15) is 18.1 Å². The Hall–Kier alpha value is -2.95. The van der Waals surface area contributed by atoms with Crippen molar-refractivity contribution in [3.05, 3.63) is 59.7 Å². The van der Waals surface area contributed by atoms with Crippen LogP contribution in [0.2, 0.25) is 0 Å². The Morgan fingerprint density at radius 1 is 0.913 bits per heavy atom. The topological polar surface area (TPSA) is 56.8 Å². The molecular formula is C18H19NO4. The van der Waals surface area contributed by atoms with E-state index in [4.69, 9.17) is 14.3 Å². The summed E-state index contributed by atoms with van der Waals surface area (Å²) in [6.07, 6.45) is 1.88. The first kappa shape index (κ1) is 16.4. The molecule has 0 heterocycles. The highest BCUT2D eigenvalue weighted by Crippen LogP contribution is 2.20. The van der Waals surface area contributed by atoms with E-state index >= 15 is 0 Å². The molecule has 0 fully saturated rings. The lowest BCUT2D eigenvalue weighted by atomic mass is 10.1. The molecule has 0 atom stereocenters. The molecule has 5 nitrogen and oxygen atoms in total. The van der Waals surface area contributed by atoms with Gasteiger partial charge in [-0.25, -0.2) is 5.48 Å². The minimum Gasteiger partial charge on any atom is -0.497 e. The largest absolute Gasteiger partial charge is 0.497 e. The van der Waals surface area contributed by atoms with E-state index in [2.05, 4.69) is 5.48 Å². The van der Waals surface area contributed by atoms with Gasteiger partial charge in [0.1, 0.15) is 11.5 Å². The van der Waals surface area contributed by atoms with Crippen molar-refractivity contribution >= 4 is 17.7 Å². The van der Waals surface area contributed by atoms with E-state index in [1.807, 2.05) is 54.6 Å². The molecule has 0 aromatic heterocycles. The van der Waals surface area contributed by atoms with E-state index in [1.165, 1.54) is 6.92 Å². The highest BCUT2D eigenvalue weighted by molar-refractivity contribution is 5.81. The standard InChI is InChI=1S/C18H19NO4/c1-13(20)23-19-18(15-6-10-17(22-3)11-7-15)12-14-4-8-16(21-2)9-5-14/h4-12,19H,1-3H3/b18-12+. The molecule has 0 saturated heterocycles. The maximum Gasteiger partial charge on any atom is 0.329 e. The number of rotatable bonds is 6. The average Bonchev–Trinajstić information content (AvgIpc) is 2.59. The Morgan fingerprint density at radius 3 is 1.91 bits per heavy atom. The summed E-state index contributed by atoms with van der Waals surface area (Å²) in [4.78, 5) is 16.0. The van der Waals surface area contributed by atoms with Crippen molar-refractivity contribution in [2.24, 2.45) is 0 Å². The molecular weight excluding hydrogens is 294 g/mol. The van der Waals surface area contributed by atoms with Gasteiger partial charge in [0.15, 0.2) is 0 Å². The summed E-state index contributed by atoms with van der Waals surface area (Å²) in [5.74, 6) is 1.12. The number of nitrogens with one attached hydrogen (secondary N) is 1. The molecule has 0 spiro atoms. The third-order valence-corrected chi connectivity index (χ3v) is 3.13. The SMILES string of the molecule is COc1ccc(/C=C(/NOC(C)=O)c2ccc(OC)cc2)cc1. The zero-order valence-corrected chi connectivity index (χ0v) is 13.3. The normalized spacial score (nSPS) is 10.8. The predicted molar refractivity (Wildman–Crippen MR) is 88.8 cm³/mol. The lowest BCUT2D eigenvalue weighted by Gasteiger charge is -2.11. The van der Waals surface area contributed by atoms with Crippen LogP contribution in [0.15, 0.2) is 48.5 Å². The molecule has 2 aromatic rings. The molecule has 0 unspecified atom stereocenters. The summed E-state index contributed by atoms with van der Waals surface area (Å²) in [5.41, 5.74) is 5.15. The van der Waals surface area contributed by atoms with E-state index in [-0.39, 0.29) is 0 Å². The van der Waals surface area contributed by atoms with Gasteiger partial charge in [0.05, 0.1) is 19.9 Å². The molecule has 1 N–H and O–H groups in total. The van der Waals surface area contributed by atoms with E-state index < -0.39 is 5.97 Å². The number of carbonyl (C=O) groups is 1. The van der Waals surface area contributed by atoms with Crippen LogP contribution in [-0.2, 0) is 9.63 Å². The number of methoxy groups -OCH3 is 2. The molecule has 2 rings (SSSR count). The van der Waals surface area contributed by atoms with Gasteiger partial charge in [-0.1, -0.05) is 12.1 Å². The summed E-state index contributed by atoms with van der Waals surface area (Å²) in [6.45, 7) is 1.34. The van der Waals surface area contributed by atoms with Crippen LogP contribution in [0.3, 0.4) is 0 Å². The van der Waals surface area contributed by atoms with Gasteiger partial charge in [0.25, 0.3) is 0 Å². The monoisotopic (exact) mass is 313 g/mol. The smallest absolute Gasteiger partial charge is 0.329 e. The molecule has 0 aliphatic heterocycles. The first-order chi connectivity index (χ1) is 11.1. The summed E-state index contributed by atoms with van der Waals surface area (Å²) < 4.78 is 10.3. The molecule has 5 heteroatoms. The minimum atomic E-state index is -0.417. The third-order valence-electron chi connectivity index (χ3n) is 3.13. The average molecular weight is 313 g/mol. The van der Waals surface area contributed by atoms with E-state index in [0.29, 0.717) is 5.70 Å². The zero-order valence-electron chi connectivity index (χ0n) is 13.3. The van der Waals surface area contributed by atoms with Crippen LogP contribution >= 0.6 is 0 Å². The number of benzene rings is 2. The second-order valence-electron chi connectivity index (χ2n) is 4.76. The van der Waals surface area contributed by atoms with Crippen molar-refractivity contribution in [3.63, 3.8) is 0 Å². The minimum absolute atomic E-state index is 0.417. The number of hydroxylamine groups is 1. The maximum absolute atomic E-state index is 11.1. The number of carbonyl (C=O) groups excluding carboxylic acids is 1. The van der Waals surface area contributed by atoms with Gasteiger partial charge in [-0.15, -0.1) is 0 Å². The first-order valence-corrected chi connectivity index (χ1v) is 7.06. The molecule has 0 saturated carbocycles. The van der Waals surface area contributed by atoms with Crippen molar-refractivity contribution in [1.82, 2.24) is 5.48 Å². The molecule has 0 aliphatic rings. The Bertz CT molecular complexity index is 675. The van der Waals surface area contributed by atoms with Gasteiger partial charge in [-0.05, 0) is 48.0 Å². The lowest BCUT2D eigenvalue weighted by Crippen LogP contribution is -2.16. The van der Waals surface area contributed by atoms with Crippen molar-refractivity contribution in [2.45, 2.75) is 6.92 Å². The van der Waals surface area contributed by atoms with Crippen molar-refractivity contribution in [2.75, 3.05) is 14.2 Å². The number of hydrogen-bond donors (Lipinski definition) is 1. The van der Waals surface area contributed by atoms with E-state index in [1.54, 1.807) is 14.2 Å². The summed E-state index contributed by atoms with van der Waals surface area (Å²) in [5, 5.41) is 0.